The Morgan fingerprint density at radius 1 is 1.33 bits per heavy atom. The summed E-state index contributed by atoms with van der Waals surface area (Å²) in [6.07, 6.45) is 2.97. The van der Waals surface area contributed by atoms with Crippen LogP contribution in [-0.4, -0.2) is 43.0 Å². The third-order valence-electron chi connectivity index (χ3n) is 2.76. The second-order valence-corrected chi connectivity index (χ2v) is 3.60. The van der Waals surface area contributed by atoms with Crippen LogP contribution in [0.15, 0.2) is 0 Å². The summed E-state index contributed by atoms with van der Waals surface area (Å²) in [6.45, 7) is 3.40. The number of hydrogen-bond donors (Lipinski definition) is 0. The lowest BCUT2D eigenvalue weighted by Crippen LogP contribution is -2.37. The highest BCUT2D eigenvalue weighted by Gasteiger charge is 2.27. The first-order chi connectivity index (χ1) is 5.86. The van der Waals surface area contributed by atoms with Gasteiger partial charge in [-0.25, -0.2) is 0 Å². The van der Waals surface area contributed by atoms with Crippen molar-refractivity contribution in [3.63, 3.8) is 0 Å². The summed E-state index contributed by atoms with van der Waals surface area (Å²) in [5.74, 6) is 0.404. The van der Waals surface area contributed by atoms with Crippen LogP contribution in [0.5, 0.6) is 0 Å². The molecule has 0 N–H and O–H groups in total. The number of carbonyl (C=O) groups is 1. The summed E-state index contributed by atoms with van der Waals surface area (Å²) in [5.41, 5.74) is 0. The molecule has 2 fully saturated rings. The molecule has 0 bridgehead atoms. The Hall–Kier alpha value is -0.410. The van der Waals surface area contributed by atoms with Gasteiger partial charge in [-0.1, -0.05) is 0 Å². The van der Waals surface area contributed by atoms with Crippen molar-refractivity contribution in [3.05, 3.63) is 0 Å². The Morgan fingerprint density at radius 3 is 2.67 bits per heavy atom. The van der Waals surface area contributed by atoms with Crippen molar-refractivity contribution >= 4 is 5.78 Å². The molecule has 2 saturated heterocycles. The fourth-order valence-corrected chi connectivity index (χ4v) is 2.01. The van der Waals surface area contributed by atoms with Gasteiger partial charge in [-0.3, -0.25) is 9.69 Å². The Kier molecular flexibility index (Phi) is 2.42. The minimum absolute atomic E-state index is 0.404. The average molecular weight is 169 g/mol. The van der Waals surface area contributed by atoms with Crippen LogP contribution in [0.2, 0.25) is 0 Å². The Labute approximate surface area is 72.7 Å². The highest BCUT2D eigenvalue weighted by Crippen LogP contribution is 2.17. The number of likely N-dealkylation sites (tertiary alicyclic amines) is 1. The van der Waals surface area contributed by atoms with E-state index in [0.717, 1.165) is 39.0 Å². The molecule has 68 valence electrons. The Morgan fingerprint density at radius 2 is 2.08 bits per heavy atom. The first kappa shape index (κ1) is 8.20. The van der Waals surface area contributed by atoms with Crippen molar-refractivity contribution in [1.82, 2.24) is 4.90 Å². The molecule has 0 aromatic heterocycles. The predicted octanol–water partition coefficient (Wildman–Crippen LogP) is 0.440. The van der Waals surface area contributed by atoms with Crippen molar-refractivity contribution in [2.75, 3.05) is 26.3 Å². The summed E-state index contributed by atoms with van der Waals surface area (Å²) in [4.78, 5) is 13.3. The molecule has 0 amide bonds. The molecule has 0 radical (unpaired) electrons. The van der Waals surface area contributed by atoms with Gasteiger partial charge in [0.15, 0.2) is 0 Å². The second kappa shape index (κ2) is 3.54. The van der Waals surface area contributed by atoms with Crippen molar-refractivity contribution in [2.24, 2.45) is 0 Å². The number of carbonyl (C=O) groups excluding carboxylic acids is 1. The van der Waals surface area contributed by atoms with Crippen molar-refractivity contribution < 1.29 is 9.53 Å². The number of ketones is 1. The molecule has 0 saturated carbocycles. The number of nitrogens with zero attached hydrogens (tertiary/aromatic N) is 1. The lowest BCUT2D eigenvalue weighted by Gasteiger charge is -2.29. The van der Waals surface area contributed by atoms with E-state index in [4.69, 9.17) is 4.74 Å². The first-order valence-electron chi connectivity index (χ1n) is 4.70. The van der Waals surface area contributed by atoms with Crippen LogP contribution >= 0.6 is 0 Å². The smallest absolute Gasteiger partial charge is 0.148 e. The highest BCUT2D eigenvalue weighted by atomic mass is 16.5. The zero-order chi connectivity index (χ0) is 8.39. The fourth-order valence-electron chi connectivity index (χ4n) is 2.01. The average Bonchev–Trinajstić information content (AvgIpc) is 2.54. The van der Waals surface area contributed by atoms with Gasteiger partial charge in [0, 0.05) is 32.2 Å². The molecule has 2 aliphatic heterocycles. The van der Waals surface area contributed by atoms with E-state index in [0.29, 0.717) is 18.4 Å². The van der Waals surface area contributed by atoms with Crippen LogP contribution in [0, 0.1) is 0 Å². The SMILES string of the molecule is O=C1CCN(C2CCOCC2)C1. The molecular weight excluding hydrogens is 154 g/mol. The maximum absolute atomic E-state index is 11.0. The molecule has 0 aromatic rings. The van der Waals surface area contributed by atoms with Crippen molar-refractivity contribution in [2.45, 2.75) is 25.3 Å². The van der Waals surface area contributed by atoms with E-state index in [-0.39, 0.29) is 0 Å². The minimum atomic E-state index is 0.404. The van der Waals surface area contributed by atoms with Gasteiger partial charge in [0.1, 0.15) is 5.78 Å². The van der Waals surface area contributed by atoms with E-state index in [1.807, 2.05) is 0 Å². The quantitative estimate of drug-likeness (QED) is 0.570. The third-order valence-corrected chi connectivity index (χ3v) is 2.76. The zero-order valence-corrected chi connectivity index (χ0v) is 7.29. The van der Waals surface area contributed by atoms with E-state index < -0.39 is 0 Å². The summed E-state index contributed by atoms with van der Waals surface area (Å²) in [7, 11) is 0. The monoisotopic (exact) mass is 169 g/mol. The maximum atomic E-state index is 11.0. The minimum Gasteiger partial charge on any atom is -0.381 e. The number of ether oxygens (including phenoxy) is 1. The third kappa shape index (κ3) is 1.67. The van der Waals surface area contributed by atoms with Crippen LogP contribution < -0.4 is 0 Å². The van der Waals surface area contributed by atoms with Gasteiger partial charge in [0.25, 0.3) is 0 Å². The fraction of sp³-hybridized carbons (Fsp3) is 0.889. The van der Waals surface area contributed by atoms with Crippen molar-refractivity contribution in [1.29, 1.82) is 0 Å². The molecule has 2 aliphatic rings. The van der Waals surface area contributed by atoms with Crippen LogP contribution in [0.4, 0.5) is 0 Å². The molecule has 12 heavy (non-hydrogen) atoms. The summed E-state index contributed by atoms with van der Waals surface area (Å²) < 4.78 is 5.27. The molecule has 3 nitrogen and oxygen atoms in total. The van der Waals surface area contributed by atoms with E-state index in [9.17, 15) is 4.79 Å². The summed E-state index contributed by atoms with van der Waals surface area (Å²) in [5, 5.41) is 0. The number of hydrogen-bond acceptors (Lipinski definition) is 3. The molecular formula is C9H15NO2. The molecule has 0 atom stereocenters. The molecule has 2 heterocycles. The van der Waals surface area contributed by atoms with Crippen LogP contribution in [0.1, 0.15) is 19.3 Å². The predicted molar refractivity (Wildman–Crippen MR) is 45.0 cm³/mol. The largest absolute Gasteiger partial charge is 0.381 e. The van der Waals surface area contributed by atoms with Gasteiger partial charge in [0.2, 0.25) is 0 Å². The molecule has 0 spiro atoms. The van der Waals surface area contributed by atoms with Gasteiger partial charge < -0.3 is 4.74 Å². The lowest BCUT2D eigenvalue weighted by molar-refractivity contribution is -0.117. The maximum Gasteiger partial charge on any atom is 0.148 e. The molecule has 0 aliphatic carbocycles. The Balaban J connectivity index is 1.86. The van der Waals surface area contributed by atoms with Crippen LogP contribution in [0.25, 0.3) is 0 Å². The van der Waals surface area contributed by atoms with E-state index in [1.165, 1.54) is 0 Å². The standard InChI is InChI=1S/C9H15NO2/c11-9-1-4-10(7-9)8-2-5-12-6-3-8/h8H,1-7H2. The number of rotatable bonds is 1. The van der Waals surface area contributed by atoms with Gasteiger partial charge in [0.05, 0.1) is 6.54 Å². The summed E-state index contributed by atoms with van der Waals surface area (Å²) in [6, 6.07) is 0.616. The zero-order valence-electron chi connectivity index (χ0n) is 7.29. The van der Waals surface area contributed by atoms with Gasteiger partial charge in [-0.15, -0.1) is 0 Å². The highest BCUT2D eigenvalue weighted by molar-refractivity contribution is 5.82. The van der Waals surface area contributed by atoms with E-state index >= 15 is 0 Å². The first-order valence-corrected chi connectivity index (χ1v) is 4.70. The molecule has 0 unspecified atom stereocenters. The topological polar surface area (TPSA) is 29.5 Å². The molecule has 2 rings (SSSR count). The molecule has 0 aromatic carbocycles. The van der Waals surface area contributed by atoms with Crippen LogP contribution in [0.3, 0.4) is 0 Å². The van der Waals surface area contributed by atoms with Crippen molar-refractivity contribution in [3.8, 4) is 0 Å². The van der Waals surface area contributed by atoms with Gasteiger partial charge >= 0.3 is 0 Å². The normalized spacial score (nSPS) is 28.2. The van der Waals surface area contributed by atoms with E-state index in [1.54, 1.807) is 0 Å². The summed E-state index contributed by atoms with van der Waals surface area (Å²) >= 11 is 0. The van der Waals surface area contributed by atoms with Gasteiger partial charge in [-0.05, 0) is 12.8 Å². The molecule has 3 heteroatoms. The van der Waals surface area contributed by atoms with Gasteiger partial charge in [-0.2, -0.15) is 0 Å². The van der Waals surface area contributed by atoms with E-state index in [2.05, 4.69) is 4.90 Å². The Bertz CT molecular complexity index is 175. The lowest BCUT2D eigenvalue weighted by atomic mass is 10.1. The second-order valence-electron chi connectivity index (χ2n) is 3.60. The van der Waals surface area contributed by atoms with Crippen LogP contribution in [-0.2, 0) is 9.53 Å². The number of Topliss-reactive ketones (excluding diaryl/α,β-unsaturated/α-hetero) is 1.